The summed E-state index contributed by atoms with van der Waals surface area (Å²) in [4.78, 5) is 17.4. The Hall–Kier alpha value is -2.53. The zero-order valence-corrected chi connectivity index (χ0v) is 13.1. The van der Waals surface area contributed by atoms with Gasteiger partial charge in [-0.05, 0) is 29.7 Å². The molecule has 0 unspecified atom stereocenters. The van der Waals surface area contributed by atoms with Crippen LogP contribution < -0.4 is 5.32 Å². The van der Waals surface area contributed by atoms with Crippen LogP contribution in [-0.2, 0) is 6.42 Å². The zero-order chi connectivity index (χ0) is 16.1. The van der Waals surface area contributed by atoms with Crippen LogP contribution in [0.1, 0.15) is 16.1 Å². The maximum absolute atomic E-state index is 12.9. The molecule has 2 aromatic carbocycles. The van der Waals surface area contributed by atoms with Crippen LogP contribution in [0.15, 0.2) is 60.1 Å². The lowest BCUT2D eigenvalue weighted by Crippen LogP contribution is -2.26. The molecule has 0 saturated heterocycles. The van der Waals surface area contributed by atoms with Gasteiger partial charge in [-0.25, -0.2) is 9.37 Å². The number of amides is 1. The third kappa shape index (κ3) is 3.81. The van der Waals surface area contributed by atoms with Crippen LogP contribution in [0.2, 0.25) is 0 Å². The van der Waals surface area contributed by atoms with Gasteiger partial charge in [-0.15, -0.1) is 11.3 Å². The molecule has 116 valence electrons. The molecule has 3 aromatic rings. The Morgan fingerprint density at radius 2 is 1.83 bits per heavy atom. The lowest BCUT2D eigenvalue weighted by Gasteiger charge is -2.06. The van der Waals surface area contributed by atoms with E-state index in [-0.39, 0.29) is 11.7 Å². The number of hydrogen-bond donors (Lipinski definition) is 1. The van der Waals surface area contributed by atoms with Gasteiger partial charge in [0.2, 0.25) is 0 Å². The van der Waals surface area contributed by atoms with Crippen LogP contribution in [0.4, 0.5) is 4.39 Å². The quantitative estimate of drug-likeness (QED) is 0.772. The molecule has 0 fully saturated rings. The minimum atomic E-state index is -0.257. The summed E-state index contributed by atoms with van der Waals surface area (Å²) in [6.45, 7) is 0.482. The first-order valence-electron chi connectivity index (χ1n) is 7.25. The highest BCUT2D eigenvalue weighted by molar-refractivity contribution is 7.13. The van der Waals surface area contributed by atoms with Crippen LogP contribution in [0.3, 0.4) is 0 Å². The first kappa shape index (κ1) is 15.4. The van der Waals surface area contributed by atoms with E-state index in [0.717, 1.165) is 16.0 Å². The van der Waals surface area contributed by atoms with E-state index in [0.29, 0.717) is 18.7 Å². The van der Waals surface area contributed by atoms with Gasteiger partial charge in [-0.1, -0.05) is 42.5 Å². The monoisotopic (exact) mass is 326 g/mol. The number of benzene rings is 2. The fourth-order valence-electron chi connectivity index (χ4n) is 2.26. The van der Waals surface area contributed by atoms with Crippen molar-refractivity contribution >= 4 is 17.2 Å². The molecule has 0 atom stereocenters. The Balaban J connectivity index is 1.63. The molecule has 3 rings (SSSR count). The van der Waals surface area contributed by atoms with Crippen LogP contribution in [0, 0.1) is 5.82 Å². The number of carbonyl (C=O) groups excluding carboxylic acids is 1. The fraction of sp³-hybridized carbons (Fsp3) is 0.111. The molecule has 0 bridgehead atoms. The van der Waals surface area contributed by atoms with E-state index in [2.05, 4.69) is 10.3 Å². The molecule has 1 aromatic heterocycles. The van der Waals surface area contributed by atoms with Gasteiger partial charge >= 0.3 is 0 Å². The van der Waals surface area contributed by atoms with Gasteiger partial charge in [0.15, 0.2) is 0 Å². The topological polar surface area (TPSA) is 42.0 Å². The minimum Gasteiger partial charge on any atom is -0.350 e. The Kier molecular flexibility index (Phi) is 4.78. The lowest BCUT2D eigenvalue weighted by atomic mass is 10.1. The molecule has 1 N–H and O–H groups in total. The van der Waals surface area contributed by atoms with Crippen molar-refractivity contribution in [2.45, 2.75) is 6.42 Å². The van der Waals surface area contributed by atoms with Crippen LogP contribution >= 0.6 is 11.3 Å². The average Bonchev–Trinajstić information content (AvgIpc) is 3.07. The fourth-order valence-corrected chi connectivity index (χ4v) is 3.05. The summed E-state index contributed by atoms with van der Waals surface area (Å²) >= 11 is 1.45. The van der Waals surface area contributed by atoms with Crippen molar-refractivity contribution in [3.8, 4) is 10.4 Å². The number of halogens is 1. The lowest BCUT2D eigenvalue weighted by molar-refractivity contribution is 0.0950. The van der Waals surface area contributed by atoms with Gasteiger partial charge in [0.25, 0.3) is 5.91 Å². The number of nitrogens with one attached hydrogen (secondary N) is 1. The molecule has 0 aliphatic carbocycles. The van der Waals surface area contributed by atoms with Gasteiger partial charge in [0.1, 0.15) is 11.5 Å². The summed E-state index contributed by atoms with van der Waals surface area (Å²) < 4.78 is 12.9. The maximum Gasteiger partial charge on any atom is 0.271 e. The predicted molar refractivity (Wildman–Crippen MR) is 90.0 cm³/mol. The number of rotatable bonds is 5. The maximum atomic E-state index is 12.9. The first-order valence-corrected chi connectivity index (χ1v) is 8.13. The SMILES string of the molecule is O=C(NCCc1ccc(F)cc1)c1ncsc1-c1ccccc1. The highest BCUT2D eigenvalue weighted by Crippen LogP contribution is 2.27. The van der Waals surface area contributed by atoms with Crippen LogP contribution in [-0.4, -0.2) is 17.4 Å². The summed E-state index contributed by atoms with van der Waals surface area (Å²) in [6, 6.07) is 16.0. The van der Waals surface area contributed by atoms with E-state index in [9.17, 15) is 9.18 Å². The van der Waals surface area contributed by atoms with E-state index in [4.69, 9.17) is 0 Å². The molecule has 0 saturated carbocycles. The summed E-state index contributed by atoms with van der Waals surface area (Å²) in [5.74, 6) is -0.444. The third-order valence-corrected chi connectivity index (χ3v) is 4.31. The van der Waals surface area contributed by atoms with Crippen LogP contribution in [0.25, 0.3) is 10.4 Å². The molecular weight excluding hydrogens is 311 g/mol. The van der Waals surface area contributed by atoms with Crippen molar-refractivity contribution < 1.29 is 9.18 Å². The molecule has 1 amide bonds. The number of nitrogens with zero attached hydrogens (tertiary/aromatic N) is 1. The van der Waals surface area contributed by atoms with E-state index < -0.39 is 0 Å². The summed E-state index contributed by atoms with van der Waals surface area (Å²) in [7, 11) is 0. The molecule has 3 nitrogen and oxygen atoms in total. The molecule has 5 heteroatoms. The van der Waals surface area contributed by atoms with Crippen molar-refractivity contribution in [3.05, 3.63) is 77.2 Å². The summed E-state index contributed by atoms with van der Waals surface area (Å²) in [6.07, 6.45) is 0.650. The molecule has 0 spiro atoms. The molecule has 1 heterocycles. The predicted octanol–water partition coefficient (Wildman–Crippen LogP) is 3.92. The highest BCUT2D eigenvalue weighted by Gasteiger charge is 2.15. The van der Waals surface area contributed by atoms with Crippen molar-refractivity contribution in [1.29, 1.82) is 0 Å². The van der Waals surface area contributed by atoms with E-state index in [1.54, 1.807) is 17.6 Å². The van der Waals surface area contributed by atoms with Crippen LogP contribution in [0.5, 0.6) is 0 Å². The second-order valence-corrected chi connectivity index (χ2v) is 5.88. The van der Waals surface area contributed by atoms with E-state index >= 15 is 0 Å². The normalized spacial score (nSPS) is 10.5. The minimum absolute atomic E-state index is 0.188. The summed E-state index contributed by atoms with van der Waals surface area (Å²) in [5.41, 5.74) is 4.09. The van der Waals surface area contributed by atoms with Gasteiger partial charge in [0.05, 0.1) is 10.4 Å². The zero-order valence-electron chi connectivity index (χ0n) is 12.3. The van der Waals surface area contributed by atoms with Gasteiger partial charge < -0.3 is 5.32 Å². The second kappa shape index (κ2) is 7.15. The van der Waals surface area contributed by atoms with Crippen molar-refractivity contribution in [1.82, 2.24) is 10.3 Å². The Labute approximate surface area is 137 Å². The first-order chi connectivity index (χ1) is 11.2. The Bertz CT molecular complexity index is 784. The van der Waals surface area contributed by atoms with E-state index in [1.165, 1.54) is 23.5 Å². The standard InChI is InChI=1S/C18H15FN2OS/c19-15-8-6-13(7-9-15)10-11-20-18(22)16-17(23-12-21-16)14-4-2-1-3-5-14/h1-9,12H,10-11H2,(H,20,22). The third-order valence-electron chi connectivity index (χ3n) is 3.43. The highest BCUT2D eigenvalue weighted by atomic mass is 32.1. The molecule has 0 radical (unpaired) electrons. The molecule has 0 aliphatic rings. The largest absolute Gasteiger partial charge is 0.350 e. The number of aromatic nitrogens is 1. The Morgan fingerprint density at radius 1 is 1.09 bits per heavy atom. The van der Waals surface area contributed by atoms with Crippen molar-refractivity contribution in [2.75, 3.05) is 6.54 Å². The van der Waals surface area contributed by atoms with Gasteiger partial charge in [0, 0.05) is 6.54 Å². The van der Waals surface area contributed by atoms with Crippen molar-refractivity contribution in [3.63, 3.8) is 0 Å². The van der Waals surface area contributed by atoms with E-state index in [1.807, 2.05) is 30.3 Å². The number of carbonyl (C=O) groups is 1. The number of thiazole rings is 1. The average molecular weight is 326 g/mol. The number of hydrogen-bond acceptors (Lipinski definition) is 3. The second-order valence-electron chi connectivity index (χ2n) is 5.03. The van der Waals surface area contributed by atoms with Crippen molar-refractivity contribution in [2.24, 2.45) is 0 Å². The Morgan fingerprint density at radius 3 is 2.57 bits per heavy atom. The molecular formula is C18H15FN2OS. The summed E-state index contributed by atoms with van der Waals surface area (Å²) in [5, 5.41) is 2.87. The van der Waals surface area contributed by atoms with Gasteiger partial charge in [-0.2, -0.15) is 0 Å². The van der Waals surface area contributed by atoms with Gasteiger partial charge in [-0.3, -0.25) is 4.79 Å². The molecule has 0 aliphatic heterocycles. The smallest absolute Gasteiger partial charge is 0.271 e. The molecule has 23 heavy (non-hydrogen) atoms.